The van der Waals surface area contributed by atoms with Gasteiger partial charge >= 0.3 is 0 Å². The Labute approximate surface area is 211 Å². The molecule has 2 aromatic rings. The van der Waals surface area contributed by atoms with E-state index in [1.807, 2.05) is 12.1 Å². The number of aliphatic hydroxyl groups is 1. The first-order chi connectivity index (χ1) is 17.2. The van der Waals surface area contributed by atoms with Crippen LogP contribution in [0.15, 0.2) is 41.4 Å². The first-order valence-corrected chi connectivity index (χ1v) is 14.7. The lowest BCUT2D eigenvalue weighted by Crippen LogP contribution is -2.61. The average Bonchev–Trinajstić information content (AvgIpc) is 2.85. The van der Waals surface area contributed by atoms with E-state index in [9.17, 15) is 18.3 Å². The monoisotopic (exact) mass is 511 g/mol. The topological polar surface area (TPSA) is 116 Å². The average molecular weight is 512 g/mol. The Morgan fingerprint density at radius 2 is 1.64 bits per heavy atom. The fraction of sp³-hybridized carbons (Fsp3) is 0.577. The van der Waals surface area contributed by atoms with Crippen molar-refractivity contribution in [3.63, 3.8) is 0 Å². The lowest BCUT2D eigenvalue weighted by atomic mass is 9.52. The number of sulfone groups is 1. The third-order valence-corrected chi connectivity index (χ3v) is 9.74. The Morgan fingerprint density at radius 3 is 2.25 bits per heavy atom. The van der Waals surface area contributed by atoms with Gasteiger partial charge in [-0.1, -0.05) is 0 Å². The third kappa shape index (κ3) is 4.45. The number of aromatic nitrogens is 2. The van der Waals surface area contributed by atoms with Gasteiger partial charge in [0, 0.05) is 50.4 Å². The normalized spacial score (nSPS) is 31.5. The standard InChI is InChI=1S/C26H33N5O4S/c1-36(34,35)21-4-2-20(3-5-21)30-8-10-31(11-9-30)25-27-7-6-22(28-25)24(32)29-23-18-12-17-13-19(23)16-26(33,14-17)15-18/h2-7,17-19,23,33H,8-16H2,1H3,(H,29,32)/t17?,18?,19?,23-,26-. The van der Waals surface area contributed by atoms with Gasteiger partial charge in [-0.3, -0.25) is 4.79 Å². The molecule has 9 nitrogen and oxygen atoms in total. The Morgan fingerprint density at radius 1 is 1.00 bits per heavy atom. The zero-order chi connectivity index (χ0) is 25.1. The highest BCUT2D eigenvalue weighted by Gasteiger charge is 2.55. The van der Waals surface area contributed by atoms with Crippen molar-refractivity contribution >= 4 is 27.4 Å². The van der Waals surface area contributed by atoms with Crippen LogP contribution in [-0.2, 0) is 9.84 Å². The third-order valence-electron chi connectivity index (χ3n) is 8.61. The van der Waals surface area contributed by atoms with E-state index in [0.29, 0.717) is 47.4 Å². The van der Waals surface area contributed by atoms with Gasteiger partial charge in [-0.05, 0) is 80.2 Å². The molecule has 0 radical (unpaired) electrons. The summed E-state index contributed by atoms with van der Waals surface area (Å²) >= 11 is 0. The van der Waals surface area contributed by atoms with Crippen molar-refractivity contribution in [2.75, 3.05) is 42.2 Å². The molecule has 2 N–H and O–H groups in total. The summed E-state index contributed by atoms with van der Waals surface area (Å²) in [5, 5.41) is 14.1. The van der Waals surface area contributed by atoms with Gasteiger partial charge in [-0.15, -0.1) is 0 Å². The van der Waals surface area contributed by atoms with Crippen molar-refractivity contribution in [1.82, 2.24) is 15.3 Å². The lowest BCUT2D eigenvalue weighted by molar-refractivity contribution is -0.136. The zero-order valence-corrected chi connectivity index (χ0v) is 21.3. The molecule has 1 saturated heterocycles. The number of hydrogen-bond acceptors (Lipinski definition) is 8. The molecule has 4 bridgehead atoms. The number of nitrogens with one attached hydrogen (secondary N) is 1. The number of amides is 1. The van der Waals surface area contributed by atoms with Crippen LogP contribution in [-0.4, -0.2) is 73.5 Å². The first kappa shape index (κ1) is 23.7. The summed E-state index contributed by atoms with van der Waals surface area (Å²) in [7, 11) is -3.21. The van der Waals surface area contributed by atoms with Crippen molar-refractivity contribution in [3.8, 4) is 0 Å². The van der Waals surface area contributed by atoms with Crippen molar-refractivity contribution < 1.29 is 18.3 Å². The molecule has 2 atom stereocenters. The van der Waals surface area contributed by atoms with Crippen molar-refractivity contribution in [2.24, 2.45) is 17.8 Å². The molecular weight excluding hydrogens is 478 g/mol. The van der Waals surface area contributed by atoms with Crippen LogP contribution in [0.2, 0.25) is 0 Å². The van der Waals surface area contributed by atoms with E-state index in [4.69, 9.17) is 0 Å². The maximum Gasteiger partial charge on any atom is 0.270 e. The molecule has 5 aliphatic rings. The number of carbonyl (C=O) groups excluding carboxylic acids is 1. The number of anilines is 2. The summed E-state index contributed by atoms with van der Waals surface area (Å²) in [5.74, 6) is 1.70. The second-order valence-corrected chi connectivity index (χ2v) is 13.2. The predicted molar refractivity (Wildman–Crippen MR) is 136 cm³/mol. The molecule has 7 rings (SSSR count). The van der Waals surface area contributed by atoms with Crippen LogP contribution in [0.3, 0.4) is 0 Å². The highest BCUT2D eigenvalue weighted by molar-refractivity contribution is 7.90. The van der Waals surface area contributed by atoms with E-state index in [1.54, 1.807) is 24.4 Å². The Balaban J connectivity index is 1.09. The van der Waals surface area contributed by atoms with Crippen LogP contribution in [0.4, 0.5) is 11.6 Å². The van der Waals surface area contributed by atoms with E-state index in [2.05, 4.69) is 25.1 Å². The molecule has 1 aliphatic heterocycles. The predicted octanol–water partition coefficient (Wildman–Crippen LogP) is 1.88. The van der Waals surface area contributed by atoms with Gasteiger partial charge in [-0.25, -0.2) is 18.4 Å². The van der Waals surface area contributed by atoms with Crippen molar-refractivity contribution in [3.05, 3.63) is 42.2 Å². The Bertz CT molecular complexity index is 1240. The first-order valence-electron chi connectivity index (χ1n) is 12.8. The SMILES string of the molecule is CS(=O)(=O)c1ccc(N2CCN(c3nccc(C(=O)N[C@H]4C5CC6CC4C[C@](O)(C6)C5)n3)CC2)cc1. The number of nitrogens with zero attached hydrogens (tertiary/aromatic N) is 4. The largest absolute Gasteiger partial charge is 0.390 e. The minimum absolute atomic E-state index is 0.116. The highest BCUT2D eigenvalue weighted by atomic mass is 32.2. The molecule has 192 valence electrons. The molecule has 36 heavy (non-hydrogen) atoms. The number of rotatable bonds is 5. The van der Waals surface area contributed by atoms with E-state index in [0.717, 1.165) is 50.9 Å². The quantitative estimate of drug-likeness (QED) is 0.625. The van der Waals surface area contributed by atoms with Gasteiger partial charge in [-0.2, -0.15) is 0 Å². The summed E-state index contributed by atoms with van der Waals surface area (Å²) in [6.45, 7) is 2.89. The highest BCUT2D eigenvalue weighted by Crippen LogP contribution is 2.55. The van der Waals surface area contributed by atoms with Gasteiger partial charge in [0.25, 0.3) is 5.91 Å². The van der Waals surface area contributed by atoms with Crippen molar-refractivity contribution in [1.29, 1.82) is 0 Å². The summed E-state index contributed by atoms with van der Waals surface area (Å²) < 4.78 is 23.4. The van der Waals surface area contributed by atoms with Gasteiger partial charge in [0.05, 0.1) is 10.5 Å². The van der Waals surface area contributed by atoms with Gasteiger partial charge in [0.1, 0.15) is 5.69 Å². The zero-order valence-electron chi connectivity index (χ0n) is 20.5. The molecule has 2 heterocycles. The van der Waals surface area contributed by atoms with E-state index >= 15 is 0 Å². The molecule has 10 heteroatoms. The summed E-state index contributed by atoms with van der Waals surface area (Å²) in [5.41, 5.74) is 0.847. The van der Waals surface area contributed by atoms with Crippen LogP contribution in [0, 0.1) is 17.8 Å². The molecule has 1 aromatic heterocycles. The second kappa shape index (κ2) is 8.69. The molecule has 1 aromatic carbocycles. The fourth-order valence-electron chi connectivity index (χ4n) is 7.14. The smallest absolute Gasteiger partial charge is 0.270 e. The molecule has 0 spiro atoms. The molecule has 5 fully saturated rings. The fourth-order valence-corrected chi connectivity index (χ4v) is 7.77. The van der Waals surface area contributed by atoms with Crippen LogP contribution >= 0.6 is 0 Å². The summed E-state index contributed by atoms with van der Waals surface area (Å²) in [6, 6.07) is 8.76. The van der Waals surface area contributed by atoms with Crippen molar-refractivity contribution in [2.45, 2.75) is 48.6 Å². The van der Waals surface area contributed by atoms with Crippen LogP contribution in [0.5, 0.6) is 0 Å². The second-order valence-electron chi connectivity index (χ2n) is 11.2. The van der Waals surface area contributed by atoms with Gasteiger partial charge in [0.15, 0.2) is 9.84 Å². The minimum Gasteiger partial charge on any atom is -0.390 e. The number of benzene rings is 1. The number of carbonyl (C=O) groups is 1. The molecule has 2 unspecified atom stereocenters. The van der Waals surface area contributed by atoms with Gasteiger partial charge < -0.3 is 20.2 Å². The summed E-state index contributed by atoms with van der Waals surface area (Å²) in [6.07, 6.45) is 7.56. The lowest BCUT2D eigenvalue weighted by Gasteiger charge is -2.58. The molecule has 1 amide bonds. The van der Waals surface area contributed by atoms with E-state index < -0.39 is 15.4 Å². The minimum atomic E-state index is -3.21. The maximum absolute atomic E-state index is 13.2. The Kier molecular flexibility index (Phi) is 5.71. The van der Waals surface area contributed by atoms with E-state index in [-0.39, 0.29) is 11.9 Å². The summed E-state index contributed by atoms with van der Waals surface area (Å²) in [4.78, 5) is 26.8. The van der Waals surface area contributed by atoms with Crippen LogP contribution in [0.25, 0.3) is 0 Å². The number of piperazine rings is 1. The Hall–Kier alpha value is -2.72. The molecular formula is C26H33N5O4S. The molecule has 4 saturated carbocycles. The van der Waals surface area contributed by atoms with Crippen LogP contribution in [0.1, 0.15) is 42.6 Å². The molecule has 4 aliphatic carbocycles. The maximum atomic E-state index is 13.2. The van der Waals surface area contributed by atoms with Crippen LogP contribution < -0.4 is 15.1 Å². The van der Waals surface area contributed by atoms with Gasteiger partial charge in [0.2, 0.25) is 5.95 Å². The number of hydrogen-bond donors (Lipinski definition) is 2. The van der Waals surface area contributed by atoms with E-state index in [1.165, 1.54) is 6.26 Å².